The summed E-state index contributed by atoms with van der Waals surface area (Å²) in [5.41, 5.74) is 2.65. The number of aromatic nitrogens is 3. The number of hydrogen-bond donors (Lipinski definition) is 0. The standard InChI is InChI=1S/C18H18IN3O2/c1-3-4-10-24-22-17-14(12(2)20-11-21-17)16(19)15(18(22)23)13-8-6-5-7-9-13/h5-9,11H,3-4,10H2,1-2H3. The van der Waals surface area contributed by atoms with Gasteiger partial charge in [0, 0.05) is 3.57 Å². The molecule has 24 heavy (non-hydrogen) atoms. The van der Waals surface area contributed by atoms with Crippen molar-refractivity contribution in [1.82, 2.24) is 14.7 Å². The molecule has 5 nitrogen and oxygen atoms in total. The van der Waals surface area contributed by atoms with E-state index in [9.17, 15) is 4.79 Å². The molecule has 0 N–H and O–H groups in total. The topological polar surface area (TPSA) is 57.0 Å². The molecular formula is C18H18IN3O2. The summed E-state index contributed by atoms with van der Waals surface area (Å²) < 4.78 is 2.18. The molecule has 0 saturated carbocycles. The minimum Gasteiger partial charge on any atom is -0.409 e. The summed E-state index contributed by atoms with van der Waals surface area (Å²) >= 11 is 2.21. The monoisotopic (exact) mass is 435 g/mol. The molecule has 0 atom stereocenters. The molecule has 6 heteroatoms. The molecule has 2 heterocycles. The zero-order valence-corrected chi connectivity index (χ0v) is 15.8. The van der Waals surface area contributed by atoms with Crippen LogP contribution in [0.5, 0.6) is 0 Å². The summed E-state index contributed by atoms with van der Waals surface area (Å²) in [5.74, 6) is 0. The summed E-state index contributed by atoms with van der Waals surface area (Å²) in [5, 5.41) is 0.855. The second-order valence-electron chi connectivity index (χ2n) is 5.50. The Morgan fingerprint density at radius 2 is 1.96 bits per heavy atom. The number of unbranched alkanes of at least 4 members (excludes halogenated alkanes) is 1. The molecule has 0 aliphatic heterocycles. The van der Waals surface area contributed by atoms with Crippen molar-refractivity contribution >= 4 is 33.6 Å². The van der Waals surface area contributed by atoms with E-state index >= 15 is 0 Å². The predicted molar refractivity (Wildman–Crippen MR) is 103 cm³/mol. The van der Waals surface area contributed by atoms with Gasteiger partial charge >= 0.3 is 0 Å². The maximum Gasteiger partial charge on any atom is 0.294 e. The van der Waals surface area contributed by atoms with Crippen LogP contribution in [0.25, 0.3) is 22.2 Å². The van der Waals surface area contributed by atoms with Crippen molar-refractivity contribution in [1.29, 1.82) is 0 Å². The van der Waals surface area contributed by atoms with E-state index in [1.54, 1.807) is 0 Å². The molecule has 0 unspecified atom stereocenters. The first-order valence-electron chi connectivity index (χ1n) is 7.89. The van der Waals surface area contributed by atoms with Crippen molar-refractivity contribution in [3.8, 4) is 11.1 Å². The Morgan fingerprint density at radius 1 is 1.21 bits per heavy atom. The van der Waals surface area contributed by atoms with E-state index in [-0.39, 0.29) is 5.56 Å². The summed E-state index contributed by atoms with van der Waals surface area (Å²) in [6.45, 7) is 4.48. The number of halogens is 1. The summed E-state index contributed by atoms with van der Waals surface area (Å²) in [4.78, 5) is 27.4. The largest absolute Gasteiger partial charge is 0.409 e. The van der Waals surface area contributed by atoms with E-state index in [2.05, 4.69) is 39.5 Å². The second-order valence-corrected chi connectivity index (χ2v) is 6.58. The number of aryl methyl sites for hydroxylation is 1. The Bertz CT molecular complexity index is 923. The molecule has 0 aliphatic carbocycles. The van der Waals surface area contributed by atoms with Gasteiger partial charge in [-0.25, -0.2) is 9.97 Å². The Labute approximate surface area is 153 Å². The molecule has 0 bridgehead atoms. The lowest BCUT2D eigenvalue weighted by Crippen LogP contribution is -2.31. The highest BCUT2D eigenvalue weighted by molar-refractivity contribution is 14.1. The van der Waals surface area contributed by atoms with Crippen LogP contribution in [0.4, 0.5) is 0 Å². The van der Waals surface area contributed by atoms with Crippen molar-refractivity contribution < 1.29 is 4.84 Å². The van der Waals surface area contributed by atoms with Crippen molar-refractivity contribution in [2.75, 3.05) is 6.61 Å². The van der Waals surface area contributed by atoms with Gasteiger partial charge in [-0.2, -0.15) is 0 Å². The molecule has 0 fully saturated rings. The van der Waals surface area contributed by atoms with Gasteiger partial charge in [0.05, 0.1) is 16.6 Å². The third kappa shape index (κ3) is 3.02. The van der Waals surface area contributed by atoms with Gasteiger partial charge in [0.15, 0.2) is 5.65 Å². The van der Waals surface area contributed by atoms with Gasteiger partial charge in [0.25, 0.3) is 5.56 Å². The van der Waals surface area contributed by atoms with Crippen LogP contribution >= 0.6 is 22.6 Å². The zero-order valence-electron chi connectivity index (χ0n) is 13.6. The number of rotatable bonds is 5. The Morgan fingerprint density at radius 3 is 2.67 bits per heavy atom. The summed E-state index contributed by atoms with van der Waals surface area (Å²) in [6.07, 6.45) is 3.34. The minimum absolute atomic E-state index is 0.188. The van der Waals surface area contributed by atoms with Crippen LogP contribution in [-0.4, -0.2) is 21.3 Å². The Kier molecular flexibility index (Phi) is 5.13. The Balaban J connectivity index is 2.32. The summed E-state index contributed by atoms with van der Waals surface area (Å²) in [6, 6.07) is 9.64. The van der Waals surface area contributed by atoms with Crippen molar-refractivity contribution in [3.05, 3.63) is 56.3 Å². The predicted octanol–water partition coefficient (Wildman–Crippen LogP) is 3.60. The lowest BCUT2D eigenvalue weighted by molar-refractivity contribution is 0.108. The fraction of sp³-hybridized carbons (Fsp3) is 0.278. The van der Waals surface area contributed by atoms with Crippen molar-refractivity contribution in [2.45, 2.75) is 26.7 Å². The van der Waals surface area contributed by atoms with Crippen LogP contribution in [-0.2, 0) is 0 Å². The molecule has 0 radical (unpaired) electrons. The lowest BCUT2D eigenvalue weighted by Gasteiger charge is -2.15. The average molecular weight is 435 g/mol. The summed E-state index contributed by atoms with van der Waals surface area (Å²) in [7, 11) is 0. The molecule has 1 aromatic carbocycles. The zero-order chi connectivity index (χ0) is 17.1. The molecule has 0 saturated heterocycles. The van der Waals surface area contributed by atoms with E-state index in [4.69, 9.17) is 4.84 Å². The van der Waals surface area contributed by atoms with Gasteiger partial charge < -0.3 is 4.84 Å². The fourth-order valence-corrected chi connectivity index (χ4v) is 3.74. The van der Waals surface area contributed by atoms with E-state index < -0.39 is 0 Å². The molecule has 0 amide bonds. The number of pyridine rings is 1. The van der Waals surface area contributed by atoms with Gasteiger partial charge in [0.2, 0.25) is 0 Å². The molecular weight excluding hydrogens is 417 g/mol. The molecule has 3 aromatic rings. The SMILES string of the molecule is CCCCOn1c(=O)c(-c2ccccc2)c(I)c2c(C)ncnc21. The first-order chi connectivity index (χ1) is 11.6. The first-order valence-corrected chi connectivity index (χ1v) is 8.97. The second kappa shape index (κ2) is 7.29. The highest BCUT2D eigenvalue weighted by atomic mass is 127. The third-order valence-corrected chi connectivity index (χ3v) is 4.91. The third-order valence-electron chi connectivity index (χ3n) is 3.83. The van der Waals surface area contributed by atoms with Crippen LogP contribution in [0.1, 0.15) is 25.5 Å². The highest BCUT2D eigenvalue weighted by Gasteiger charge is 2.20. The van der Waals surface area contributed by atoms with E-state index in [1.807, 2.05) is 37.3 Å². The normalized spacial score (nSPS) is 11.0. The van der Waals surface area contributed by atoms with Gasteiger partial charge in [-0.1, -0.05) is 43.7 Å². The lowest BCUT2D eigenvalue weighted by atomic mass is 10.1. The molecule has 0 spiro atoms. The number of nitrogens with zero attached hydrogens (tertiary/aromatic N) is 3. The van der Waals surface area contributed by atoms with Gasteiger partial charge in [-0.05, 0) is 41.5 Å². The quantitative estimate of drug-likeness (QED) is 0.454. The average Bonchev–Trinajstić information content (AvgIpc) is 2.59. The molecule has 124 valence electrons. The van der Waals surface area contributed by atoms with Crippen LogP contribution in [0.2, 0.25) is 0 Å². The van der Waals surface area contributed by atoms with Crippen LogP contribution < -0.4 is 10.4 Å². The molecule has 3 rings (SSSR count). The smallest absolute Gasteiger partial charge is 0.294 e. The van der Waals surface area contributed by atoms with E-state index in [0.29, 0.717) is 17.8 Å². The first kappa shape index (κ1) is 16.9. The van der Waals surface area contributed by atoms with Gasteiger partial charge in [-0.3, -0.25) is 4.79 Å². The van der Waals surface area contributed by atoms with Crippen molar-refractivity contribution in [2.24, 2.45) is 0 Å². The molecule has 2 aromatic heterocycles. The Hall–Kier alpha value is -1.96. The van der Waals surface area contributed by atoms with Gasteiger partial charge in [0.1, 0.15) is 12.9 Å². The maximum atomic E-state index is 13.1. The van der Waals surface area contributed by atoms with Crippen LogP contribution in [0.3, 0.4) is 0 Å². The van der Waals surface area contributed by atoms with Crippen LogP contribution in [0, 0.1) is 10.5 Å². The molecule has 0 aliphatic rings. The maximum absolute atomic E-state index is 13.1. The van der Waals surface area contributed by atoms with Crippen LogP contribution in [0.15, 0.2) is 41.5 Å². The minimum atomic E-state index is -0.188. The van der Waals surface area contributed by atoms with Gasteiger partial charge in [-0.15, -0.1) is 4.73 Å². The van der Waals surface area contributed by atoms with Crippen molar-refractivity contribution in [3.63, 3.8) is 0 Å². The number of benzene rings is 1. The highest BCUT2D eigenvalue weighted by Crippen LogP contribution is 2.28. The van der Waals surface area contributed by atoms with E-state index in [1.165, 1.54) is 11.1 Å². The number of hydrogen-bond acceptors (Lipinski definition) is 4. The van der Waals surface area contributed by atoms with E-state index in [0.717, 1.165) is 33.1 Å². The fourth-order valence-electron chi connectivity index (χ4n) is 2.56. The number of fused-ring (bicyclic) bond motifs is 1.